The molecule has 2 aliphatic heterocycles. The van der Waals surface area contributed by atoms with Crippen molar-refractivity contribution in [2.24, 2.45) is 0 Å². The van der Waals surface area contributed by atoms with Gasteiger partial charge in [0.2, 0.25) is 0 Å². The molecule has 1 fully saturated rings. The molecule has 0 saturated carbocycles. The van der Waals surface area contributed by atoms with Crippen molar-refractivity contribution in [3.63, 3.8) is 0 Å². The third kappa shape index (κ3) is 4.54. The minimum absolute atomic E-state index is 0.0622. The number of rotatable bonds is 5. The van der Waals surface area contributed by atoms with Crippen LogP contribution in [-0.4, -0.2) is 67.9 Å². The van der Waals surface area contributed by atoms with Gasteiger partial charge >= 0.3 is 0 Å². The summed E-state index contributed by atoms with van der Waals surface area (Å²) in [5, 5.41) is 16.1. The number of likely N-dealkylation sites (N-methyl/N-ethyl adjacent to an activating group) is 1. The molecule has 4 aromatic rings. The number of amides is 1. The third-order valence-corrected chi connectivity index (χ3v) is 9.13. The van der Waals surface area contributed by atoms with Crippen LogP contribution >= 0.6 is 11.3 Å². The average Bonchev–Trinajstić information content (AvgIpc) is 3.66. The van der Waals surface area contributed by atoms with E-state index in [1.165, 1.54) is 29.0 Å². The molecule has 1 atom stereocenters. The Bertz CT molecular complexity index is 1460. The van der Waals surface area contributed by atoms with Crippen LogP contribution in [0.25, 0.3) is 5.65 Å². The summed E-state index contributed by atoms with van der Waals surface area (Å²) in [5.74, 6) is 2.59. The Kier molecular flexibility index (Phi) is 6.04. The van der Waals surface area contributed by atoms with E-state index in [0.29, 0.717) is 0 Å². The molecule has 11 heteroatoms. The van der Waals surface area contributed by atoms with Gasteiger partial charge in [-0.3, -0.25) is 14.4 Å². The Morgan fingerprint density at radius 1 is 1.11 bits per heavy atom. The summed E-state index contributed by atoms with van der Waals surface area (Å²) >= 11 is 1.68. The van der Waals surface area contributed by atoms with Crippen molar-refractivity contribution >= 4 is 40.3 Å². The van der Waals surface area contributed by atoms with Crippen molar-refractivity contribution in [1.82, 2.24) is 34.6 Å². The Morgan fingerprint density at radius 2 is 2.03 bits per heavy atom. The van der Waals surface area contributed by atoms with Crippen LogP contribution in [0.15, 0.2) is 30.5 Å². The number of carbonyl (C=O) groups is 1. The molecule has 1 aliphatic carbocycles. The number of carbonyl (C=O) groups excluding carboxylic acids is 1. The lowest BCUT2D eigenvalue weighted by Gasteiger charge is -2.34. The molecule has 198 valence electrons. The van der Waals surface area contributed by atoms with Gasteiger partial charge in [0, 0.05) is 55.3 Å². The van der Waals surface area contributed by atoms with Gasteiger partial charge in [-0.1, -0.05) is 0 Å². The summed E-state index contributed by atoms with van der Waals surface area (Å²) in [6.45, 7) is 4.42. The maximum atomic E-state index is 13.1. The van der Waals surface area contributed by atoms with Gasteiger partial charge in [-0.05, 0) is 57.2 Å². The van der Waals surface area contributed by atoms with Crippen molar-refractivity contribution in [3.8, 4) is 0 Å². The van der Waals surface area contributed by atoms with Gasteiger partial charge in [0.25, 0.3) is 5.91 Å². The molecule has 0 radical (unpaired) electrons. The monoisotopic (exact) mass is 531 g/mol. The Labute approximate surface area is 225 Å². The van der Waals surface area contributed by atoms with E-state index in [0.717, 1.165) is 86.4 Å². The molecule has 6 heterocycles. The van der Waals surface area contributed by atoms with Crippen LogP contribution in [0.3, 0.4) is 0 Å². The van der Waals surface area contributed by atoms with Gasteiger partial charge < -0.3 is 15.5 Å². The first kappa shape index (κ1) is 23.7. The van der Waals surface area contributed by atoms with Crippen molar-refractivity contribution in [1.29, 1.82) is 0 Å². The highest BCUT2D eigenvalue weighted by molar-refractivity contribution is 7.14. The highest BCUT2D eigenvalue weighted by Gasteiger charge is 2.26. The van der Waals surface area contributed by atoms with Gasteiger partial charge in [0.05, 0.1) is 23.3 Å². The van der Waals surface area contributed by atoms with Gasteiger partial charge in [0.1, 0.15) is 11.6 Å². The van der Waals surface area contributed by atoms with Crippen molar-refractivity contribution in [3.05, 3.63) is 51.5 Å². The first-order valence-electron chi connectivity index (χ1n) is 13.6. The lowest BCUT2D eigenvalue weighted by molar-refractivity contribution is 0.0937. The van der Waals surface area contributed by atoms with Gasteiger partial charge in [-0.25, -0.2) is 4.98 Å². The van der Waals surface area contributed by atoms with E-state index >= 15 is 0 Å². The van der Waals surface area contributed by atoms with E-state index < -0.39 is 0 Å². The number of hydrogen-bond donors (Lipinski definition) is 2. The lowest BCUT2D eigenvalue weighted by Crippen LogP contribution is -2.48. The molecule has 2 N–H and O–H groups in total. The summed E-state index contributed by atoms with van der Waals surface area (Å²) in [7, 11) is 2.13. The molecule has 1 amide bonds. The second kappa shape index (κ2) is 9.70. The smallest absolute Gasteiger partial charge is 0.261 e. The molecule has 4 aromatic heterocycles. The predicted molar refractivity (Wildman–Crippen MR) is 148 cm³/mol. The zero-order valence-corrected chi connectivity index (χ0v) is 22.5. The van der Waals surface area contributed by atoms with Crippen LogP contribution in [0.4, 0.5) is 17.5 Å². The number of nitrogens with zero attached hydrogens (tertiary/aromatic N) is 7. The molecule has 0 aromatic carbocycles. The van der Waals surface area contributed by atoms with E-state index in [2.05, 4.69) is 49.4 Å². The van der Waals surface area contributed by atoms with Gasteiger partial charge in [-0.15, -0.1) is 11.3 Å². The van der Waals surface area contributed by atoms with Crippen molar-refractivity contribution < 1.29 is 4.79 Å². The summed E-state index contributed by atoms with van der Waals surface area (Å²) in [6, 6.07) is 8.28. The van der Waals surface area contributed by atoms with Gasteiger partial charge in [-0.2, -0.15) is 14.7 Å². The fourth-order valence-electron chi connectivity index (χ4n) is 5.90. The van der Waals surface area contributed by atoms with Crippen LogP contribution in [0.5, 0.6) is 0 Å². The van der Waals surface area contributed by atoms with E-state index in [1.54, 1.807) is 17.5 Å². The largest absolute Gasteiger partial charge is 0.354 e. The van der Waals surface area contributed by atoms with Crippen LogP contribution in [0.1, 0.15) is 51.5 Å². The molecule has 10 nitrogen and oxygen atoms in total. The summed E-state index contributed by atoms with van der Waals surface area (Å²) in [5.41, 5.74) is 3.36. The SMILES string of the molecule is CN1CCn2nc(Nc3cc(N4CCC[C@H](NC(=O)c5cc6c(s5)CCCC6)C4)nc4ccnn34)cc2C1. The number of nitrogens with one attached hydrogen (secondary N) is 2. The van der Waals surface area contributed by atoms with E-state index in [9.17, 15) is 4.79 Å². The molecule has 0 spiro atoms. The summed E-state index contributed by atoms with van der Waals surface area (Å²) in [6.07, 6.45) is 8.43. The number of fused-ring (bicyclic) bond motifs is 3. The number of aromatic nitrogens is 5. The fourth-order valence-corrected chi connectivity index (χ4v) is 7.06. The van der Waals surface area contributed by atoms with Crippen LogP contribution in [-0.2, 0) is 25.9 Å². The predicted octanol–water partition coefficient (Wildman–Crippen LogP) is 3.45. The maximum Gasteiger partial charge on any atom is 0.261 e. The molecule has 1 saturated heterocycles. The second-order valence-electron chi connectivity index (χ2n) is 10.7. The van der Waals surface area contributed by atoms with E-state index in [4.69, 9.17) is 10.1 Å². The van der Waals surface area contributed by atoms with E-state index in [-0.39, 0.29) is 11.9 Å². The quantitative estimate of drug-likeness (QED) is 0.407. The molecular weight excluding hydrogens is 498 g/mol. The standard InChI is InChI=1S/C27H33N9OS/c1-33-11-12-35-20(17-33)14-23(32-35)30-26-15-25(31-24-8-9-28-36(24)26)34-10-4-6-19(16-34)29-27(37)22-13-18-5-2-3-7-21(18)38-22/h8-9,13-15,19H,2-7,10-12,16-17H2,1H3,(H,29,37)(H,30,32)/t19-/m0/s1. The highest BCUT2D eigenvalue weighted by atomic mass is 32.1. The molecule has 0 bridgehead atoms. The van der Waals surface area contributed by atoms with Crippen LogP contribution < -0.4 is 15.5 Å². The fraction of sp³-hybridized carbons (Fsp3) is 0.481. The number of anilines is 3. The number of thiophene rings is 1. The highest BCUT2D eigenvalue weighted by Crippen LogP contribution is 2.30. The zero-order chi connectivity index (χ0) is 25.6. The number of aryl methyl sites for hydroxylation is 2. The topological polar surface area (TPSA) is 95.6 Å². The summed E-state index contributed by atoms with van der Waals surface area (Å²) < 4.78 is 3.89. The normalized spacial score (nSPS) is 19.8. The van der Waals surface area contributed by atoms with Gasteiger partial charge in [0.15, 0.2) is 11.5 Å². The zero-order valence-electron chi connectivity index (χ0n) is 21.7. The Hall–Kier alpha value is -3.44. The molecule has 38 heavy (non-hydrogen) atoms. The minimum Gasteiger partial charge on any atom is -0.354 e. The average molecular weight is 532 g/mol. The second-order valence-corrected chi connectivity index (χ2v) is 11.9. The maximum absolute atomic E-state index is 13.1. The van der Waals surface area contributed by atoms with Crippen LogP contribution in [0, 0.1) is 0 Å². The molecular formula is C27H33N9OS. The van der Waals surface area contributed by atoms with Crippen molar-refractivity contribution in [2.45, 2.75) is 57.7 Å². The Balaban J connectivity index is 1.09. The third-order valence-electron chi connectivity index (χ3n) is 7.89. The summed E-state index contributed by atoms with van der Waals surface area (Å²) in [4.78, 5) is 24.8. The molecule has 0 unspecified atom stereocenters. The minimum atomic E-state index is 0.0622. The van der Waals surface area contributed by atoms with Crippen molar-refractivity contribution in [2.75, 3.05) is 36.9 Å². The lowest BCUT2D eigenvalue weighted by atomic mass is 9.99. The first-order chi connectivity index (χ1) is 18.6. The first-order valence-corrected chi connectivity index (χ1v) is 14.5. The molecule has 7 rings (SSSR count). The Morgan fingerprint density at radius 3 is 2.95 bits per heavy atom. The number of hydrogen-bond acceptors (Lipinski definition) is 8. The molecule has 3 aliphatic rings. The van der Waals surface area contributed by atoms with E-state index in [1.807, 2.05) is 16.6 Å². The van der Waals surface area contributed by atoms with Crippen LogP contribution in [0.2, 0.25) is 0 Å². The number of piperidine rings is 1.